The third-order valence-electron chi connectivity index (χ3n) is 6.65. The number of nitrogens with zero attached hydrogens (tertiary/aromatic N) is 1. The van der Waals surface area contributed by atoms with Gasteiger partial charge in [-0.15, -0.1) is 6.58 Å². The predicted molar refractivity (Wildman–Crippen MR) is 116 cm³/mol. The monoisotopic (exact) mass is 405 g/mol. The second-order valence-electron chi connectivity index (χ2n) is 9.10. The average molecular weight is 405 g/mol. The van der Waals surface area contributed by atoms with Crippen LogP contribution in [0.5, 0.6) is 5.75 Å². The second kappa shape index (κ2) is 6.49. The summed E-state index contributed by atoms with van der Waals surface area (Å²) in [5.41, 5.74) is 1.94. The summed E-state index contributed by atoms with van der Waals surface area (Å²) < 4.78 is 6.07. The lowest BCUT2D eigenvalue weighted by Gasteiger charge is -2.43. The standard InChI is InChI=1S/C24H27N3O3/c1-4-9-24-10-5-12-27(24)21(28)18(26-22(24)29)13-15-14-25-20-16(15)6-7-19-17(20)8-11-23(2,3)30-19/h4,6-8,11,14,18,25H,1,5,9-10,12-13H2,2-3H3,(H,26,29)/t18-,24+/m1/s1. The number of ether oxygens (including phenoxy) is 1. The maximum absolute atomic E-state index is 13.2. The number of H-pyrrole nitrogens is 1. The maximum Gasteiger partial charge on any atom is 0.246 e. The van der Waals surface area contributed by atoms with Crippen LogP contribution in [0.3, 0.4) is 0 Å². The largest absolute Gasteiger partial charge is 0.483 e. The first-order valence-electron chi connectivity index (χ1n) is 10.6. The number of hydrogen-bond donors (Lipinski definition) is 2. The van der Waals surface area contributed by atoms with Gasteiger partial charge in [-0.1, -0.05) is 6.08 Å². The van der Waals surface area contributed by atoms with Gasteiger partial charge in [0.05, 0.1) is 5.52 Å². The number of hydrogen-bond acceptors (Lipinski definition) is 3. The van der Waals surface area contributed by atoms with Crippen LogP contribution in [0.2, 0.25) is 0 Å². The molecule has 156 valence electrons. The van der Waals surface area contributed by atoms with E-state index < -0.39 is 11.6 Å². The Kier molecular flexibility index (Phi) is 4.10. The van der Waals surface area contributed by atoms with Gasteiger partial charge in [-0.25, -0.2) is 0 Å². The Morgan fingerprint density at radius 3 is 2.97 bits per heavy atom. The molecule has 4 heterocycles. The van der Waals surface area contributed by atoms with Gasteiger partial charge < -0.3 is 19.9 Å². The molecule has 6 nitrogen and oxygen atoms in total. The van der Waals surface area contributed by atoms with E-state index in [1.807, 2.05) is 38.3 Å². The lowest BCUT2D eigenvalue weighted by atomic mass is 9.86. The van der Waals surface area contributed by atoms with E-state index in [1.165, 1.54) is 0 Å². The molecule has 0 unspecified atom stereocenters. The molecule has 2 fully saturated rings. The van der Waals surface area contributed by atoms with E-state index in [9.17, 15) is 9.59 Å². The number of aromatic nitrogens is 1. The molecule has 0 radical (unpaired) electrons. The molecule has 3 aliphatic heterocycles. The Labute approximate surface area is 176 Å². The van der Waals surface area contributed by atoms with Crippen molar-refractivity contribution in [2.45, 2.75) is 56.7 Å². The van der Waals surface area contributed by atoms with Crippen molar-refractivity contribution >= 4 is 28.8 Å². The van der Waals surface area contributed by atoms with Gasteiger partial charge in [0.25, 0.3) is 0 Å². The molecular weight excluding hydrogens is 378 g/mol. The van der Waals surface area contributed by atoms with E-state index in [4.69, 9.17) is 4.74 Å². The highest BCUT2D eigenvalue weighted by Crippen LogP contribution is 2.39. The summed E-state index contributed by atoms with van der Waals surface area (Å²) in [6.07, 6.45) is 10.3. The first-order chi connectivity index (χ1) is 14.3. The molecule has 0 bridgehead atoms. The van der Waals surface area contributed by atoms with Gasteiger partial charge in [-0.05, 0) is 63.0 Å². The molecule has 2 N–H and O–H groups in total. The topological polar surface area (TPSA) is 74.4 Å². The smallest absolute Gasteiger partial charge is 0.246 e. The molecule has 2 amide bonds. The Balaban J connectivity index is 1.45. The highest BCUT2D eigenvalue weighted by molar-refractivity contribution is 6.01. The van der Waals surface area contributed by atoms with Crippen LogP contribution in [-0.2, 0) is 16.0 Å². The van der Waals surface area contributed by atoms with Gasteiger partial charge in [0.15, 0.2) is 0 Å². The molecule has 2 aromatic rings. The zero-order chi connectivity index (χ0) is 21.1. The summed E-state index contributed by atoms with van der Waals surface area (Å²) in [4.78, 5) is 31.4. The zero-order valence-electron chi connectivity index (χ0n) is 17.5. The van der Waals surface area contributed by atoms with E-state index in [0.717, 1.165) is 34.2 Å². The van der Waals surface area contributed by atoms with Crippen molar-refractivity contribution in [3.8, 4) is 5.75 Å². The fourth-order valence-corrected chi connectivity index (χ4v) is 5.17. The van der Waals surface area contributed by atoms with Crippen molar-refractivity contribution in [1.82, 2.24) is 15.2 Å². The van der Waals surface area contributed by atoms with Crippen molar-refractivity contribution in [2.75, 3.05) is 6.54 Å². The number of piperazine rings is 1. The van der Waals surface area contributed by atoms with E-state index in [-0.39, 0.29) is 17.4 Å². The molecule has 2 saturated heterocycles. The lowest BCUT2D eigenvalue weighted by molar-refractivity contribution is -0.154. The number of carbonyl (C=O) groups is 2. The summed E-state index contributed by atoms with van der Waals surface area (Å²) in [7, 11) is 0. The fourth-order valence-electron chi connectivity index (χ4n) is 5.17. The summed E-state index contributed by atoms with van der Waals surface area (Å²) in [5, 5.41) is 4.06. The Hall–Kier alpha value is -3.02. The minimum Gasteiger partial charge on any atom is -0.483 e. The van der Waals surface area contributed by atoms with E-state index in [2.05, 4.69) is 23.0 Å². The first-order valence-corrected chi connectivity index (χ1v) is 10.6. The molecular formula is C24H27N3O3. The van der Waals surface area contributed by atoms with Crippen LogP contribution in [0.1, 0.15) is 44.2 Å². The average Bonchev–Trinajstić information content (AvgIpc) is 3.31. The number of nitrogens with one attached hydrogen (secondary N) is 2. The molecule has 1 aromatic carbocycles. The molecule has 0 saturated carbocycles. The summed E-state index contributed by atoms with van der Waals surface area (Å²) in [6.45, 7) is 8.48. The minimum absolute atomic E-state index is 0.00578. The molecule has 6 heteroatoms. The lowest BCUT2D eigenvalue weighted by Crippen LogP contribution is -2.68. The third kappa shape index (κ3) is 2.70. The Bertz CT molecular complexity index is 1100. The SMILES string of the molecule is C=CC[C@@]12CCCN1C(=O)[C@@H](Cc1c[nH]c3c4c(ccc13)OC(C)(C)C=C4)NC2=O. The van der Waals surface area contributed by atoms with E-state index in [1.54, 1.807) is 11.0 Å². The van der Waals surface area contributed by atoms with Crippen LogP contribution in [-0.4, -0.2) is 45.4 Å². The van der Waals surface area contributed by atoms with Crippen LogP contribution in [0, 0.1) is 0 Å². The number of amides is 2. The van der Waals surface area contributed by atoms with Crippen LogP contribution in [0.4, 0.5) is 0 Å². The van der Waals surface area contributed by atoms with Crippen molar-refractivity contribution in [3.63, 3.8) is 0 Å². The Morgan fingerprint density at radius 1 is 1.33 bits per heavy atom. The van der Waals surface area contributed by atoms with Crippen LogP contribution in [0.15, 0.2) is 37.1 Å². The van der Waals surface area contributed by atoms with E-state index in [0.29, 0.717) is 25.8 Å². The number of benzene rings is 1. The molecule has 5 rings (SSSR count). The van der Waals surface area contributed by atoms with Gasteiger partial charge in [-0.3, -0.25) is 9.59 Å². The Morgan fingerprint density at radius 2 is 2.17 bits per heavy atom. The number of fused-ring (bicyclic) bond motifs is 4. The molecule has 30 heavy (non-hydrogen) atoms. The van der Waals surface area contributed by atoms with Crippen molar-refractivity contribution < 1.29 is 14.3 Å². The zero-order valence-corrected chi connectivity index (χ0v) is 17.5. The van der Waals surface area contributed by atoms with Crippen LogP contribution in [0.25, 0.3) is 17.0 Å². The summed E-state index contributed by atoms with van der Waals surface area (Å²) in [6, 6.07) is 3.47. The minimum atomic E-state index is -0.746. The van der Waals surface area contributed by atoms with Crippen molar-refractivity contribution in [1.29, 1.82) is 0 Å². The highest BCUT2D eigenvalue weighted by Gasteiger charge is 2.54. The highest BCUT2D eigenvalue weighted by atomic mass is 16.5. The van der Waals surface area contributed by atoms with Gasteiger partial charge >= 0.3 is 0 Å². The predicted octanol–water partition coefficient (Wildman–Crippen LogP) is 3.33. The molecule has 0 aliphatic carbocycles. The van der Waals surface area contributed by atoms with Crippen LogP contribution >= 0.6 is 0 Å². The first kappa shape index (κ1) is 19.0. The molecule has 3 aliphatic rings. The van der Waals surface area contributed by atoms with Gasteiger partial charge in [0, 0.05) is 30.1 Å². The van der Waals surface area contributed by atoms with Crippen molar-refractivity contribution in [2.24, 2.45) is 0 Å². The summed E-state index contributed by atoms with van der Waals surface area (Å²) >= 11 is 0. The number of rotatable bonds is 4. The number of carbonyl (C=O) groups excluding carboxylic acids is 2. The number of aromatic amines is 1. The molecule has 1 aromatic heterocycles. The third-order valence-corrected chi connectivity index (χ3v) is 6.65. The maximum atomic E-state index is 13.2. The fraction of sp³-hybridized carbons (Fsp3) is 0.417. The molecule has 0 spiro atoms. The quantitative estimate of drug-likeness (QED) is 0.767. The van der Waals surface area contributed by atoms with Crippen LogP contribution < -0.4 is 10.1 Å². The van der Waals surface area contributed by atoms with Gasteiger partial charge in [0.1, 0.15) is 22.9 Å². The molecule has 2 atom stereocenters. The van der Waals surface area contributed by atoms with Gasteiger partial charge in [-0.2, -0.15) is 0 Å². The van der Waals surface area contributed by atoms with Gasteiger partial charge in [0.2, 0.25) is 11.8 Å². The second-order valence-corrected chi connectivity index (χ2v) is 9.10. The normalized spacial score (nSPS) is 26.9. The van der Waals surface area contributed by atoms with E-state index >= 15 is 0 Å². The van der Waals surface area contributed by atoms with Crippen molar-refractivity contribution in [3.05, 3.63) is 48.2 Å². The summed E-state index contributed by atoms with van der Waals surface area (Å²) in [5.74, 6) is 0.795.